The van der Waals surface area contributed by atoms with Gasteiger partial charge >= 0.3 is 0 Å². The van der Waals surface area contributed by atoms with E-state index >= 15 is 0 Å². The second kappa shape index (κ2) is 6.63. The Hall–Kier alpha value is -1.75. The first kappa shape index (κ1) is 15.8. The molecule has 0 amide bonds. The van der Waals surface area contributed by atoms with Gasteiger partial charge in [-0.3, -0.25) is 9.88 Å². The van der Waals surface area contributed by atoms with Crippen LogP contribution in [0, 0.1) is 11.8 Å². The first-order valence-electron chi connectivity index (χ1n) is 8.78. The molecule has 4 heteroatoms. The molecule has 4 rings (SSSR count). The summed E-state index contributed by atoms with van der Waals surface area (Å²) in [4.78, 5) is 6.88. The van der Waals surface area contributed by atoms with Crippen molar-refractivity contribution in [1.29, 1.82) is 0 Å². The van der Waals surface area contributed by atoms with E-state index in [-0.39, 0.29) is 0 Å². The molecule has 2 aromatic rings. The Morgan fingerprint density at radius 1 is 0.958 bits per heavy atom. The van der Waals surface area contributed by atoms with E-state index in [2.05, 4.69) is 34.1 Å². The molecule has 1 aromatic carbocycles. The van der Waals surface area contributed by atoms with Crippen molar-refractivity contribution in [2.24, 2.45) is 11.8 Å². The monoisotopic (exact) mass is 324 g/mol. The summed E-state index contributed by atoms with van der Waals surface area (Å²) in [5.74, 6) is 1.03. The number of hydrogen-bond acceptors (Lipinski definition) is 4. The molecule has 0 unspecified atom stereocenters. The van der Waals surface area contributed by atoms with Crippen molar-refractivity contribution in [1.82, 2.24) is 9.88 Å². The van der Waals surface area contributed by atoms with Crippen LogP contribution in [0.4, 0.5) is 0 Å². The van der Waals surface area contributed by atoms with Gasteiger partial charge in [-0.25, -0.2) is 0 Å². The molecule has 1 saturated heterocycles. The number of rotatable bonds is 3. The highest BCUT2D eigenvalue weighted by molar-refractivity contribution is 5.59. The molecule has 2 heterocycles. The summed E-state index contributed by atoms with van der Waals surface area (Å²) in [7, 11) is 0. The van der Waals surface area contributed by atoms with Gasteiger partial charge in [-0.05, 0) is 48.4 Å². The Bertz CT molecular complexity index is 673. The van der Waals surface area contributed by atoms with Crippen molar-refractivity contribution in [2.75, 3.05) is 13.1 Å². The molecule has 2 N–H and O–H groups in total. The van der Waals surface area contributed by atoms with Crippen molar-refractivity contribution in [3.05, 3.63) is 54.2 Å². The minimum absolute atomic E-state index is 0.516. The van der Waals surface area contributed by atoms with Crippen molar-refractivity contribution >= 4 is 0 Å². The summed E-state index contributed by atoms with van der Waals surface area (Å²) >= 11 is 0. The highest BCUT2D eigenvalue weighted by Gasteiger charge is 2.40. The van der Waals surface area contributed by atoms with E-state index in [0.717, 1.165) is 43.7 Å². The van der Waals surface area contributed by atoms with Gasteiger partial charge in [-0.1, -0.05) is 24.3 Å². The van der Waals surface area contributed by atoms with Crippen LogP contribution in [-0.4, -0.2) is 45.4 Å². The van der Waals surface area contributed by atoms with Crippen molar-refractivity contribution in [3.63, 3.8) is 0 Å². The number of fused-ring (bicyclic) bond motifs is 1. The van der Waals surface area contributed by atoms with Crippen LogP contribution in [0.3, 0.4) is 0 Å². The molecular weight excluding hydrogens is 300 g/mol. The lowest BCUT2D eigenvalue weighted by Gasteiger charge is -2.32. The predicted molar refractivity (Wildman–Crippen MR) is 93.2 cm³/mol. The smallest absolute Gasteiger partial charge is 0.0802 e. The zero-order valence-corrected chi connectivity index (χ0v) is 13.8. The predicted octanol–water partition coefficient (Wildman–Crippen LogP) is 2.31. The summed E-state index contributed by atoms with van der Waals surface area (Å²) in [6.07, 6.45) is 2.20. The van der Waals surface area contributed by atoms with Gasteiger partial charge in [0, 0.05) is 31.4 Å². The van der Waals surface area contributed by atoms with E-state index in [9.17, 15) is 10.2 Å². The third kappa shape index (κ3) is 3.22. The maximum atomic E-state index is 9.89. The van der Waals surface area contributed by atoms with Gasteiger partial charge in [-0.15, -0.1) is 0 Å². The lowest BCUT2D eigenvalue weighted by atomic mass is 9.79. The summed E-state index contributed by atoms with van der Waals surface area (Å²) in [5.41, 5.74) is 3.44. The van der Waals surface area contributed by atoms with E-state index < -0.39 is 12.2 Å². The van der Waals surface area contributed by atoms with Crippen LogP contribution >= 0.6 is 0 Å². The molecule has 126 valence electrons. The van der Waals surface area contributed by atoms with Gasteiger partial charge in [0.05, 0.1) is 17.9 Å². The van der Waals surface area contributed by atoms with Crippen LogP contribution in [0.1, 0.15) is 18.4 Å². The highest BCUT2D eigenvalue weighted by atomic mass is 16.3. The summed E-state index contributed by atoms with van der Waals surface area (Å²) < 4.78 is 0. The lowest BCUT2D eigenvalue weighted by molar-refractivity contribution is -0.0372. The number of aliphatic hydroxyl groups is 2. The Kier molecular flexibility index (Phi) is 4.35. The van der Waals surface area contributed by atoms with E-state index in [1.807, 2.05) is 24.4 Å². The zero-order valence-electron chi connectivity index (χ0n) is 13.8. The van der Waals surface area contributed by atoms with Crippen LogP contribution in [-0.2, 0) is 6.54 Å². The van der Waals surface area contributed by atoms with Gasteiger partial charge < -0.3 is 10.2 Å². The third-order valence-corrected chi connectivity index (χ3v) is 5.48. The molecule has 0 bridgehead atoms. The number of benzene rings is 1. The van der Waals surface area contributed by atoms with Gasteiger partial charge in [0.2, 0.25) is 0 Å². The van der Waals surface area contributed by atoms with Crippen LogP contribution in [0.5, 0.6) is 0 Å². The number of likely N-dealkylation sites (tertiary alicyclic amines) is 1. The Labute approximate surface area is 142 Å². The summed E-state index contributed by atoms with van der Waals surface area (Å²) in [6.45, 7) is 2.95. The Morgan fingerprint density at radius 3 is 2.38 bits per heavy atom. The number of aliphatic hydroxyl groups excluding tert-OH is 2. The minimum Gasteiger partial charge on any atom is -0.390 e. The first-order chi connectivity index (χ1) is 11.7. The van der Waals surface area contributed by atoms with Crippen LogP contribution in [0.25, 0.3) is 11.3 Å². The number of hydrogen-bond donors (Lipinski definition) is 2. The Balaban J connectivity index is 1.45. The molecule has 2 aliphatic rings. The summed E-state index contributed by atoms with van der Waals surface area (Å²) in [6, 6.07) is 14.6. The Morgan fingerprint density at radius 2 is 1.71 bits per heavy atom. The minimum atomic E-state index is -0.543. The van der Waals surface area contributed by atoms with Gasteiger partial charge in [-0.2, -0.15) is 0 Å². The van der Waals surface area contributed by atoms with Gasteiger partial charge in [0.25, 0.3) is 0 Å². The van der Waals surface area contributed by atoms with Crippen molar-refractivity contribution < 1.29 is 10.2 Å². The lowest BCUT2D eigenvalue weighted by Crippen LogP contribution is -2.38. The summed E-state index contributed by atoms with van der Waals surface area (Å²) in [5, 5.41) is 19.8. The maximum absolute atomic E-state index is 9.89. The molecule has 1 aromatic heterocycles. The fourth-order valence-corrected chi connectivity index (χ4v) is 4.25. The first-order valence-corrected chi connectivity index (χ1v) is 8.78. The van der Waals surface area contributed by atoms with E-state index in [1.54, 1.807) is 0 Å². The van der Waals surface area contributed by atoms with Crippen LogP contribution in [0.15, 0.2) is 48.7 Å². The normalized spacial score (nSPS) is 30.2. The molecule has 0 radical (unpaired) electrons. The molecule has 4 nitrogen and oxygen atoms in total. The fraction of sp³-hybridized carbons (Fsp3) is 0.450. The molecule has 1 saturated carbocycles. The average Bonchev–Trinajstić information content (AvgIpc) is 2.97. The van der Waals surface area contributed by atoms with Crippen molar-refractivity contribution in [2.45, 2.75) is 31.6 Å². The fourth-order valence-electron chi connectivity index (χ4n) is 4.25. The van der Waals surface area contributed by atoms with Gasteiger partial charge in [0.15, 0.2) is 0 Å². The topological polar surface area (TPSA) is 56.6 Å². The average molecular weight is 324 g/mol. The second-order valence-corrected chi connectivity index (χ2v) is 7.24. The van der Waals surface area contributed by atoms with Crippen molar-refractivity contribution in [3.8, 4) is 11.3 Å². The zero-order chi connectivity index (χ0) is 16.5. The quantitative estimate of drug-likeness (QED) is 0.910. The van der Waals surface area contributed by atoms with E-state index in [0.29, 0.717) is 11.8 Å². The van der Waals surface area contributed by atoms with E-state index in [4.69, 9.17) is 0 Å². The number of aromatic nitrogens is 1. The maximum Gasteiger partial charge on any atom is 0.0802 e. The molecule has 2 fully saturated rings. The number of nitrogens with zero attached hydrogens (tertiary/aromatic N) is 2. The van der Waals surface area contributed by atoms with Gasteiger partial charge in [0.1, 0.15) is 0 Å². The SMILES string of the molecule is O[C@@H]1C[C@H]2CN(Cc3cccc(-c4ccccn4)c3)C[C@H]2C[C@@H]1O. The third-order valence-electron chi connectivity index (χ3n) is 5.48. The molecule has 1 aliphatic heterocycles. The molecule has 0 spiro atoms. The highest BCUT2D eigenvalue weighted by Crippen LogP contribution is 2.37. The second-order valence-electron chi connectivity index (χ2n) is 7.24. The molecular formula is C20H24N2O2. The van der Waals surface area contributed by atoms with Crippen LogP contribution < -0.4 is 0 Å². The molecule has 4 atom stereocenters. The standard InChI is InChI=1S/C20H24N2O2/c23-19-9-16-12-22(13-17(16)10-20(19)24)11-14-4-3-5-15(8-14)18-6-1-2-7-21-18/h1-8,16-17,19-20,23-24H,9-13H2/t16-,17+,19+,20-. The van der Waals surface area contributed by atoms with E-state index in [1.165, 1.54) is 5.56 Å². The van der Waals surface area contributed by atoms with Crippen LogP contribution in [0.2, 0.25) is 0 Å². The number of pyridine rings is 1. The molecule has 1 aliphatic carbocycles. The largest absolute Gasteiger partial charge is 0.390 e. The molecule has 24 heavy (non-hydrogen) atoms.